The van der Waals surface area contributed by atoms with Gasteiger partial charge in [-0.3, -0.25) is 4.79 Å². The van der Waals surface area contributed by atoms with Crippen LogP contribution in [-0.2, 0) is 6.61 Å². The Morgan fingerprint density at radius 1 is 1.06 bits per heavy atom. The third-order valence-electron chi connectivity index (χ3n) is 6.12. The lowest BCUT2D eigenvalue weighted by Crippen LogP contribution is -2.62. The Labute approximate surface area is 182 Å². The average Bonchev–Trinajstić information content (AvgIpc) is 2.70. The largest absolute Gasteiger partial charge is 0.392 e. The van der Waals surface area contributed by atoms with E-state index in [0.29, 0.717) is 22.8 Å². The zero-order valence-electron chi connectivity index (χ0n) is 18.9. The number of rotatable bonds is 4. The van der Waals surface area contributed by atoms with Crippen molar-refractivity contribution in [1.29, 1.82) is 0 Å². The molecule has 31 heavy (non-hydrogen) atoms. The summed E-state index contributed by atoms with van der Waals surface area (Å²) in [5, 5.41) is 23.5. The van der Waals surface area contributed by atoms with Crippen LogP contribution >= 0.6 is 0 Å². The second-order valence-corrected chi connectivity index (χ2v) is 9.92. The Bertz CT molecular complexity index is 1130. The molecule has 0 atom stereocenters. The minimum Gasteiger partial charge on any atom is -0.392 e. The van der Waals surface area contributed by atoms with Crippen LogP contribution in [0, 0.1) is 0 Å². The normalized spacial score (nSPS) is 18.3. The number of nitrogens with one attached hydrogen (secondary N) is 2. The SMILES string of the molecule is CN(c1ccc(-c2cc3ccc(=O)[nH]c3cc2CO)nn1)C1CC(C)(C)NC(C)(C)C1. The second kappa shape index (κ2) is 7.73. The molecule has 1 saturated heterocycles. The number of pyridine rings is 1. The molecule has 7 nitrogen and oxygen atoms in total. The lowest BCUT2D eigenvalue weighted by atomic mass is 9.79. The smallest absolute Gasteiger partial charge is 0.248 e. The standard InChI is InChI=1S/C24H31N5O2/c1-23(2)12-17(13-24(3,4)28-23)29(5)21-8-7-19(26-27-21)18-10-15-6-9-22(31)25-20(15)11-16(18)14-30/h6-11,17,28,30H,12-14H2,1-5H3,(H,25,31). The van der Waals surface area contributed by atoms with Gasteiger partial charge in [-0.05, 0) is 81.8 Å². The predicted octanol–water partition coefficient (Wildman–Crippen LogP) is 3.22. The van der Waals surface area contributed by atoms with Crippen LogP contribution in [0.1, 0.15) is 46.1 Å². The molecule has 0 unspecified atom stereocenters. The highest BCUT2D eigenvalue weighted by Gasteiger charge is 2.39. The highest BCUT2D eigenvalue weighted by Crippen LogP contribution is 2.33. The molecule has 7 heteroatoms. The number of aromatic nitrogens is 3. The molecule has 3 aromatic rings. The fourth-order valence-corrected chi connectivity index (χ4v) is 5.00. The van der Waals surface area contributed by atoms with Crippen LogP contribution in [0.25, 0.3) is 22.2 Å². The number of benzene rings is 1. The first-order valence-electron chi connectivity index (χ1n) is 10.7. The Morgan fingerprint density at radius 2 is 1.77 bits per heavy atom. The van der Waals surface area contributed by atoms with E-state index in [1.54, 1.807) is 12.1 Å². The summed E-state index contributed by atoms with van der Waals surface area (Å²) in [6.45, 7) is 8.82. The molecular weight excluding hydrogens is 390 g/mol. The van der Waals surface area contributed by atoms with Crippen LogP contribution < -0.4 is 15.8 Å². The molecule has 1 aliphatic heterocycles. The van der Waals surface area contributed by atoms with Crippen LogP contribution in [-0.4, -0.2) is 44.5 Å². The van der Waals surface area contributed by atoms with Crippen molar-refractivity contribution in [2.24, 2.45) is 0 Å². The first-order valence-corrected chi connectivity index (χ1v) is 10.7. The topological polar surface area (TPSA) is 94.1 Å². The maximum absolute atomic E-state index is 11.6. The van der Waals surface area contributed by atoms with Gasteiger partial charge in [0.2, 0.25) is 5.56 Å². The van der Waals surface area contributed by atoms with Gasteiger partial charge in [0.05, 0.1) is 12.3 Å². The van der Waals surface area contributed by atoms with E-state index in [2.05, 4.69) is 60.1 Å². The summed E-state index contributed by atoms with van der Waals surface area (Å²) < 4.78 is 0. The minimum absolute atomic E-state index is 0.0517. The minimum atomic E-state index is -0.166. The van der Waals surface area contributed by atoms with E-state index in [4.69, 9.17) is 0 Å². The van der Waals surface area contributed by atoms with Crippen molar-refractivity contribution in [1.82, 2.24) is 20.5 Å². The Hall–Kier alpha value is -2.77. The molecule has 3 heterocycles. The summed E-state index contributed by atoms with van der Waals surface area (Å²) >= 11 is 0. The summed E-state index contributed by atoms with van der Waals surface area (Å²) in [4.78, 5) is 16.6. The van der Waals surface area contributed by atoms with Crippen LogP contribution in [0.4, 0.5) is 5.82 Å². The molecule has 0 spiro atoms. The monoisotopic (exact) mass is 421 g/mol. The second-order valence-electron chi connectivity index (χ2n) is 9.92. The number of aliphatic hydroxyl groups excluding tert-OH is 1. The van der Waals surface area contributed by atoms with E-state index in [9.17, 15) is 9.90 Å². The van der Waals surface area contributed by atoms with Gasteiger partial charge < -0.3 is 20.3 Å². The number of aromatic amines is 1. The molecule has 0 bridgehead atoms. The third kappa shape index (κ3) is 4.48. The average molecular weight is 422 g/mol. The van der Waals surface area contributed by atoms with Crippen LogP contribution in [0.3, 0.4) is 0 Å². The molecule has 1 fully saturated rings. The van der Waals surface area contributed by atoms with Gasteiger partial charge in [0.1, 0.15) is 0 Å². The van der Waals surface area contributed by atoms with Gasteiger partial charge in [0.25, 0.3) is 0 Å². The number of anilines is 1. The molecule has 0 amide bonds. The van der Waals surface area contributed by atoms with E-state index in [-0.39, 0.29) is 23.2 Å². The molecule has 4 rings (SSSR count). The van der Waals surface area contributed by atoms with Gasteiger partial charge >= 0.3 is 0 Å². The van der Waals surface area contributed by atoms with Crippen LogP contribution in [0.5, 0.6) is 0 Å². The van der Waals surface area contributed by atoms with Crippen molar-refractivity contribution < 1.29 is 5.11 Å². The summed E-state index contributed by atoms with van der Waals surface area (Å²) in [7, 11) is 2.08. The number of hydrogen-bond acceptors (Lipinski definition) is 6. The number of H-pyrrole nitrogens is 1. The molecule has 1 aromatic carbocycles. The Morgan fingerprint density at radius 3 is 2.39 bits per heavy atom. The van der Waals surface area contributed by atoms with Crippen molar-refractivity contribution in [2.45, 2.75) is 64.3 Å². The molecule has 2 aromatic heterocycles. The molecule has 1 aliphatic rings. The highest BCUT2D eigenvalue weighted by molar-refractivity contribution is 5.85. The number of aliphatic hydroxyl groups is 1. The van der Waals surface area contributed by atoms with Gasteiger partial charge in [0.15, 0.2) is 5.82 Å². The van der Waals surface area contributed by atoms with Gasteiger partial charge in [0, 0.05) is 41.3 Å². The van der Waals surface area contributed by atoms with Crippen molar-refractivity contribution in [3.8, 4) is 11.3 Å². The van der Waals surface area contributed by atoms with Crippen LogP contribution in [0.2, 0.25) is 0 Å². The number of nitrogens with zero attached hydrogens (tertiary/aromatic N) is 3. The molecule has 164 valence electrons. The zero-order valence-corrected chi connectivity index (χ0v) is 18.9. The van der Waals surface area contributed by atoms with E-state index in [1.807, 2.05) is 18.2 Å². The first-order chi connectivity index (χ1) is 14.6. The van der Waals surface area contributed by atoms with E-state index in [0.717, 1.165) is 29.6 Å². The first kappa shape index (κ1) is 21.5. The van der Waals surface area contributed by atoms with Crippen molar-refractivity contribution in [3.05, 3.63) is 52.3 Å². The fraction of sp³-hybridized carbons (Fsp3) is 0.458. The molecule has 3 N–H and O–H groups in total. The van der Waals surface area contributed by atoms with Gasteiger partial charge in [-0.1, -0.05) is 0 Å². The Kier molecular flexibility index (Phi) is 5.35. The van der Waals surface area contributed by atoms with E-state index in [1.165, 1.54) is 6.07 Å². The maximum Gasteiger partial charge on any atom is 0.248 e. The quantitative estimate of drug-likeness (QED) is 0.599. The van der Waals surface area contributed by atoms with E-state index >= 15 is 0 Å². The number of piperidine rings is 1. The highest BCUT2D eigenvalue weighted by atomic mass is 16.3. The Balaban J connectivity index is 1.64. The number of fused-ring (bicyclic) bond motifs is 1. The molecule has 0 saturated carbocycles. The summed E-state index contributed by atoms with van der Waals surface area (Å²) in [5.41, 5.74) is 2.84. The molecule has 0 aliphatic carbocycles. The lowest BCUT2D eigenvalue weighted by Gasteiger charge is -2.49. The fourth-order valence-electron chi connectivity index (χ4n) is 5.00. The molecule has 0 radical (unpaired) electrons. The van der Waals surface area contributed by atoms with Crippen LogP contribution in [0.15, 0.2) is 41.2 Å². The summed E-state index contributed by atoms with van der Waals surface area (Å²) in [5.74, 6) is 0.831. The van der Waals surface area contributed by atoms with Crippen molar-refractivity contribution >= 4 is 16.7 Å². The molecular formula is C24H31N5O2. The van der Waals surface area contributed by atoms with Gasteiger partial charge in [-0.2, -0.15) is 0 Å². The van der Waals surface area contributed by atoms with Crippen molar-refractivity contribution in [2.75, 3.05) is 11.9 Å². The number of hydrogen-bond donors (Lipinski definition) is 3. The van der Waals surface area contributed by atoms with Gasteiger partial charge in [-0.25, -0.2) is 0 Å². The van der Waals surface area contributed by atoms with Crippen molar-refractivity contribution in [3.63, 3.8) is 0 Å². The zero-order chi connectivity index (χ0) is 22.4. The van der Waals surface area contributed by atoms with E-state index < -0.39 is 0 Å². The lowest BCUT2D eigenvalue weighted by molar-refractivity contribution is 0.160. The maximum atomic E-state index is 11.6. The summed E-state index contributed by atoms with van der Waals surface area (Å²) in [6, 6.07) is 11.3. The third-order valence-corrected chi connectivity index (χ3v) is 6.12. The summed E-state index contributed by atoms with van der Waals surface area (Å²) in [6.07, 6.45) is 2.04. The van der Waals surface area contributed by atoms with Gasteiger partial charge in [-0.15, -0.1) is 10.2 Å². The predicted molar refractivity (Wildman–Crippen MR) is 124 cm³/mol.